The highest BCUT2D eigenvalue weighted by Gasteiger charge is 2.36. The van der Waals surface area contributed by atoms with Gasteiger partial charge in [0.1, 0.15) is 10.8 Å². The maximum atomic E-state index is 13.9. The highest BCUT2D eigenvalue weighted by atomic mass is 35.5. The van der Waals surface area contributed by atoms with Gasteiger partial charge in [-0.05, 0) is 37.6 Å². The molecule has 5 rings (SSSR count). The van der Waals surface area contributed by atoms with Gasteiger partial charge in [-0.25, -0.2) is 28.5 Å². The number of aromatic nitrogens is 4. The number of carbonyl (C=O) groups is 1. The molecule has 0 amide bonds. The second kappa shape index (κ2) is 10.0. The third-order valence-corrected chi connectivity index (χ3v) is 6.98. The number of nitrogens with one attached hydrogen (secondary N) is 1. The summed E-state index contributed by atoms with van der Waals surface area (Å²) in [4.78, 5) is 26.3. The average molecular weight is 583 g/mol. The number of carboxylic acids is 1. The summed E-state index contributed by atoms with van der Waals surface area (Å²) in [5.41, 5.74) is 1.67. The first-order valence-corrected chi connectivity index (χ1v) is 12.8. The molecule has 1 aliphatic heterocycles. The van der Waals surface area contributed by atoms with Crippen molar-refractivity contribution in [2.75, 3.05) is 23.3 Å². The van der Waals surface area contributed by atoms with Gasteiger partial charge in [0.25, 0.3) is 5.92 Å². The third kappa shape index (κ3) is 5.60. The van der Waals surface area contributed by atoms with Crippen LogP contribution in [-0.2, 0) is 6.42 Å². The lowest BCUT2D eigenvalue weighted by Crippen LogP contribution is -2.40. The van der Waals surface area contributed by atoms with E-state index in [1.807, 2.05) is 6.07 Å². The van der Waals surface area contributed by atoms with E-state index < -0.39 is 43.4 Å². The molecule has 8 nitrogen and oxygen atoms in total. The molecule has 0 saturated carbocycles. The Morgan fingerprint density at radius 1 is 1.18 bits per heavy atom. The number of pyridine rings is 1. The topological polar surface area (TPSA) is 95.6 Å². The van der Waals surface area contributed by atoms with Crippen molar-refractivity contribution in [1.29, 1.82) is 0 Å². The molecule has 212 valence electrons. The fourth-order valence-corrected chi connectivity index (χ4v) is 5.08. The van der Waals surface area contributed by atoms with Crippen LogP contribution >= 0.6 is 11.6 Å². The van der Waals surface area contributed by atoms with Crippen LogP contribution in [0.4, 0.5) is 33.6 Å². The molecule has 0 unspecified atom stereocenters. The summed E-state index contributed by atoms with van der Waals surface area (Å²) >= 11 is 5.88. The molecule has 1 aromatic carbocycles. The predicted molar refractivity (Wildman–Crippen MR) is 140 cm³/mol. The van der Waals surface area contributed by atoms with Gasteiger partial charge in [0, 0.05) is 43.1 Å². The van der Waals surface area contributed by atoms with Crippen molar-refractivity contribution < 1.29 is 31.9 Å². The summed E-state index contributed by atoms with van der Waals surface area (Å²) in [5, 5.41) is 13.2. The van der Waals surface area contributed by atoms with Crippen molar-refractivity contribution in [3.63, 3.8) is 0 Å². The van der Waals surface area contributed by atoms with E-state index in [9.17, 15) is 31.9 Å². The number of alkyl halides is 5. The molecule has 0 bridgehead atoms. The Kier molecular flexibility index (Phi) is 6.97. The van der Waals surface area contributed by atoms with Gasteiger partial charge in [-0.3, -0.25) is 4.40 Å². The lowest BCUT2D eigenvalue weighted by atomic mass is 10.0. The van der Waals surface area contributed by atoms with E-state index in [0.717, 1.165) is 5.56 Å². The Bertz CT molecular complexity index is 1610. The Morgan fingerprint density at radius 2 is 1.88 bits per heavy atom. The lowest BCUT2D eigenvalue weighted by molar-refractivity contribution is -0.127. The van der Waals surface area contributed by atoms with Gasteiger partial charge in [-0.1, -0.05) is 17.7 Å². The number of piperidine rings is 1. The van der Waals surface area contributed by atoms with Gasteiger partial charge in [-0.15, -0.1) is 0 Å². The maximum absolute atomic E-state index is 13.9. The van der Waals surface area contributed by atoms with Gasteiger partial charge < -0.3 is 15.3 Å². The predicted octanol–water partition coefficient (Wildman–Crippen LogP) is 6.45. The summed E-state index contributed by atoms with van der Waals surface area (Å²) in [6.45, 7) is 3.49. The van der Waals surface area contributed by atoms with Gasteiger partial charge in [0.2, 0.25) is 5.95 Å². The quantitative estimate of drug-likeness (QED) is 0.199. The Labute approximate surface area is 229 Å². The Morgan fingerprint density at radius 3 is 2.52 bits per heavy atom. The first-order chi connectivity index (χ1) is 18.7. The number of hydrogen-bond donors (Lipinski definition) is 2. The molecule has 0 spiro atoms. The summed E-state index contributed by atoms with van der Waals surface area (Å²) in [7, 11) is 0. The number of benzene rings is 1. The zero-order valence-corrected chi connectivity index (χ0v) is 22.1. The van der Waals surface area contributed by atoms with Crippen molar-refractivity contribution in [3.05, 3.63) is 58.1 Å². The maximum Gasteiger partial charge on any atom is 0.394 e. The second-order valence-corrected chi connectivity index (χ2v) is 10.3. The minimum Gasteiger partial charge on any atom is -0.476 e. The molecule has 0 radical (unpaired) electrons. The number of nitrogens with zero attached hydrogens (tertiary/aromatic N) is 5. The molecule has 40 heavy (non-hydrogen) atoms. The monoisotopic (exact) mass is 582 g/mol. The van der Waals surface area contributed by atoms with Crippen LogP contribution in [-0.4, -0.2) is 55.6 Å². The molecular weight excluding hydrogens is 559 g/mol. The van der Waals surface area contributed by atoms with Gasteiger partial charge >= 0.3 is 12.1 Å². The van der Waals surface area contributed by atoms with Crippen LogP contribution in [0.3, 0.4) is 0 Å². The third-order valence-electron chi connectivity index (χ3n) is 6.77. The molecule has 1 saturated heterocycles. The number of imidazole rings is 1. The van der Waals surface area contributed by atoms with Crippen molar-refractivity contribution in [1.82, 2.24) is 19.4 Å². The Hall–Kier alpha value is -3.74. The van der Waals surface area contributed by atoms with Crippen LogP contribution < -0.4 is 10.2 Å². The number of carboxylic acid groups (broad SMARTS) is 1. The molecule has 4 heterocycles. The molecule has 14 heteroatoms. The highest BCUT2D eigenvalue weighted by molar-refractivity contribution is 6.29. The number of hydrogen-bond acceptors (Lipinski definition) is 6. The summed E-state index contributed by atoms with van der Waals surface area (Å²) in [6.07, 6.45) is -5.34. The molecule has 0 aliphatic carbocycles. The van der Waals surface area contributed by atoms with Crippen molar-refractivity contribution in [2.24, 2.45) is 0 Å². The lowest BCUT2D eigenvalue weighted by Gasteiger charge is -2.33. The normalized spacial score (nSPS) is 16.4. The zero-order chi connectivity index (χ0) is 29.0. The second-order valence-electron chi connectivity index (χ2n) is 9.92. The van der Waals surface area contributed by atoms with E-state index in [1.54, 1.807) is 24.8 Å². The SMILES string of the molecule is Cc1cc([C@@H](C)Nc2ccc(Cl)nc2C(=O)O)c2nc(N3CCC(F)(F)CC3)n3cc(CC(F)(F)F)nc3c2c1. The number of aromatic carboxylic acids is 1. The molecule has 3 aromatic heterocycles. The van der Waals surface area contributed by atoms with E-state index in [2.05, 4.69) is 15.3 Å². The fourth-order valence-electron chi connectivity index (χ4n) is 4.93. The van der Waals surface area contributed by atoms with E-state index >= 15 is 0 Å². The molecular formula is C26H24ClF5N6O2. The van der Waals surface area contributed by atoms with Crippen LogP contribution in [0.2, 0.25) is 5.15 Å². The van der Waals surface area contributed by atoms with Crippen LogP contribution in [0.15, 0.2) is 30.5 Å². The smallest absolute Gasteiger partial charge is 0.394 e. The summed E-state index contributed by atoms with van der Waals surface area (Å²) in [5.74, 6) is -3.92. The van der Waals surface area contributed by atoms with Crippen molar-refractivity contribution >= 4 is 45.8 Å². The van der Waals surface area contributed by atoms with Gasteiger partial charge in [0.05, 0.1) is 29.4 Å². The number of aryl methyl sites for hydroxylation is 1. The fraction of sp³-hybridized carbons (Fsp3) is 0.385. The largest absolute Gasteiger partial charge is 0.476 e. The standard InChI is InChI=1S/C26H24ClF5N6O2/c1-13-9-16(14(2)33-18-3-4-19(27)35-21(18)23(39)40)20-17(10-13)22-34-15(11-26(30,31)32)12-38(22)24(36-20)37-7-5-25(28,29)6-8-37/h3-4,9-10,12,14,33H,5-8,11H2,1-2H3,(H,39,40)/t14-/m1/s1. The first kappa shape index (κ1) is 27.8. The molecule has 1 fully saturated rings. The van der Waals surface area contributed by atoms with Crippen molar-refractivity contribution in [3.8, 4) is 0 Å². The van der Waals surface area contributed by atoms with E-state index in [0.29, 0.717) is 16.5 Å². The number of anilines is 2. The average Bonchev–Trinajstić information content (AvgIpc) is 3.26. The first-order valence-electron chi connectivity index (χ1n) is 12.4. The van der Waals surface area contributed by atoms with E-state index in [1.165, 1.54) is 22.7 Å². The molecule has 4 aromatic rings. The summed E-state index contributed by atoms with van der Waals surface area (Å²) in [6, 6.07) is 5.94. The minimum atomic E-state index is -4.50. The summed E-state index contributed by atoms with van der Waals surface area (Å²) < 4.78 is 69.1. The minimum absolute atomic E-state index is 0.00591. The van der Waals surface area contributed by atoms with Crippen LogP contribution in [0.5, 0.6) is 0 Å². The zero-order valence-electron chi connectivity index (χ0n) is 21.4. The van der Waals surface area contributed by atoms with Crippen LogP contribution in [0.25, 0.3) is 16.6 Å². The van der Waals surface area contributed by atoms with Gasteiger partial charge in [0.15, 0.2) is 5.69 Å². The Balaban J connectivity index is 1.67. The molecule has 1 atom stereocenters. The van der Waals surface area contributed by atoms with Crippen molar-refractivity contribution in [2.45, 2.75) is 51.3 Å². The van der Waals surface area contributed by atoms with Crippen LogP contribution in [0, 0.1) is 6.92 Å². The number of rotatable bonds is 6. The molecule has 2 N–H and O–H groups in total. The number of halogens is 6. The van der Waals surface area contributed by atoms with Gasteiger partial charge in [-0.2, -0.15) is 13.2 Å². The van der Waals surface area contributed by atoms with Crippen LogP contribution in [0.1, 0.15) is 53.1 Å². The van der Waals surface area contributed by atoms with E-state index in [4.69, 9.17) is 16.6 Å². The highest BCUT2D eigenvalue weighted by Crippen LogP contribution is 2.36. The number of fused-ring (bicyclic) bond motifs is 3. The van der Waals surface area contributed by atoms with E-state index in [-0.39, 0.29) is 46.9 Å². The molecule has 1 aliphatic rings.